The van der Waals surface area contributed by atoms with Gasteiger partial charge in [0.15, 0.2) is 0 Å². The highest BCUT2D eigenvalue weighted by Gasteiger charge is 2.44. The summed E-state index contributed by atoms with van der Waals surface area (Å²) in [5.74, 6) is 1.56. The summed E-state index contributed by atoms with van der Waals surface area (Å²) >= 11 is 0. The van der Waals surface area contributed by atoms with E-state index in [9.17, 15) is 5.11 Å². The van der Waals surface area contributed by atoms with Crippen LogP contribution in [0.25, 0.3) is 0 Å². The van der Waals surface area contributed by atoms with E-state index in [0.29, 0.717) is 23.2 Å². The Labute approximate surface area is 99.3 Å². The van der Waals surface area contributed by atoms with Crippen molar-refractivity contribution >= 4 is 0 Å². The van der Waals surface area contributed by atoms with Gasteiger partial charge in [0.25, 0.3) is 0 Å². The monoisotopic (exact) mass is 220 g/mol. The standard InChI is InChI=1S/C15H24O/c1-11-6-5-7-12-8-9-13(14(2,3)16)10-15(11,12)4/h5,7-9,11-13,16H,6,10H2,1-4H3/t11-,12?,13+,15+/m0/s1. The van der Waals surface area contributed by atoms with E-state index < -0.39 is 5.60 Å². The Morgan fingerprint density at radius 3 is 2.56 bits per heavy atom. The first kappa shape index (κ1) is 11.9. The molecule has 0 saturated carbocycles. The zero-order chi connectivity index (χ0) is 12.0. The minimum absolute atomic E-state index is 0.294. The second-order valence-corrected chi connectivity index (χ2v) is 6.45. The highest BCUT2D eigenvalue weighted by atomic mass is 16.3. The summed E-state index contributed by atoms with van der Waals surface area (Å²) < 4.78 is 0. The van der Waals surface area contributed by atoms with Crippen LogP contribution in [0.2, 0.25) is 0 Å². The fourth-order valence-electron chi connectivity index (χ4n) is 3.15. The molecule has 0 bridgehead atoms. The molecule has 0 aromatic heterocycles. The summed E-state index contributed by atoms with van der Waals surface area (Å²) in [6.45, 7) is 8.58. The quantitative estimate of drug-likeness (QED) is 0.670. The van der Waals surface area contributed by atoms with Crippen LogP contribution in [0.1, 0.15) is 40.5 Å². The molecule has 2 aliphatic rings. The summed E-state index contributed by atoms with van der Waals surface area (Å²) in [4.78, 5) is 0. The third-order valence-electron chi connectivity index (χ3n) is 4.84. The average Bonchev–Trinajstić information content (AvgIpc) is 2.17. The van der Waals surface area contributed by atoms with Crippen molar-refractivity contribution in [2.45, 2.75) is 46.1 Å². The molecule has 2 rings (SSSR count). The molecule has 1 nitrogen and oxygen atoms in total. The fourth-order valence-corrected chi connectivity index (χ4v) is 3.15. The second-order valence-electron chi connectivity index (χ2n) is 6.45. The molecule has 0 fully saturated rings. The van der Waals surface area contributed by atoms with Crippen LogP contribution < -0.4 is 0 Å². The largest absolute Gasteiger partial charge is 0.390 e. The Kier molecular flexibility index (Phi) is 2.78. The van der Waals surface area contributed by atoms with Crippen LogP contribution in [-0.4, -0.2) is 10.7 Å². The Bertz CT molecular complexity index is 321. The molecule has 0 saturated heterocycles. The molecule has 0 heterocycles. The van der Waals surface area contributed by atoms with Crippen molar-refractivity contribution in [1.82, 2.24) is 0 Å². The molecule has 2 aliphatic carbocycles. The summed E-state index contributed by atoms with van der Waals surface area (Å²) in [5, 5.41) is 10.2. The highest BCUT2D eigenvalue weighted by Crippen LogP contribution is 2.51. The molecule has 1 heteroatoms. The fraction of sp³-hybridized carbons (Fsp3) is 0.733. The smallest absolute Gasteiger partial charge is 0.0654 e. The van der Waals surface area contributed by atoms with E-state index in [1.807, 2.05) is 13.8 Å². The Morgan fingerprint density at radius 1 is 1.25 bits per heavy atom. The number of rotatable bonds is 1. The number of fused-ring (bicyclic) bond motifs is 1. The number of allylic oxidation sites excluding steroid dienone is 3. The van der Waals surface area contributed by atoms with E-state index in [0.717, 1.165) is 6.42 Å². The molecular weight excluding hydrogens is 196 g/mol. The van der Waals surface area contributed by atoms with Gasteiger partial charge in [-0.1, -0.05) is 38.2 Å². The third kappa shape index (κ3) is 1.86. The molecule has 16 heavy (non-hydrogen) atoms. The number of hydrogen-bond donors (Lipinski definition) is 1. The molecule has 4 atom stereocenters. The molecule has 0 aromatic carbocycles. The predicted molar refractivity (Wildman–Crippen MR) is 68.1 cm³/mol. The molecule has 1 unspecified atom stereocenters. The van der Waals surface area contributed by atoms with Gasteiger partial charge in [-0.2, -0.15) is 0 Å². The van der Waals surface area contributed by atoms with Crippen LogP contribution in [0.3, 0.4) is 0 Å². The average molecular weight is 220 g/mol. The lowest BCUT2D eigenvalue weighted by molar-refractivity contribution is -0.00819. The van der Waals surface area contributed by atoms with Crippen molar-refractivity contribution in [2.24, 2.45) is 23.2 Å². The normalized spacial score (nSPS) is 43.2. The van der Waals surface area contributed by atoms with E-state index in [1.165, 1.54) is 6.42 Å². The van der Waals surface area contributed by atoms with Gasteiger partial charge in [-0.05, 0) is 38.0 Å². The van der Waals surface area contributed by atoms with E-state index in [4.69, 9.17) is 0 Å². The van der Waals surface area contributed by atoms with Gasteiger partial charge < -0.3 is 5.11 Å². The van der Waals surface area contributed by atoms with Crippen LogP contribution in [0.15, 0.2) is 24.3 Å². The van der Waals surface area contributed by atoms with Gasteiger partial charge in [-0.3, -0.25) is 0 Å². The van der Waals surface area contributed by atoms with Gasteiger partial charge in [0.1, 0.15) is 0 Å². The molecule has 0 radical (unpaired) electrons. The van der Waals surface area contributed by atoms with Crippen LogP contribution in [0.5, 0.6) is 0 Å². The first-order valence-corrected chi connectivity index (χ1v) is 6.41. The number of hydrogen-bond acceptors (Lipinski definition) is 1. The zero-order valence-electron chi connectivity index (χ0n) is 10.9. The topological polar surface area (TPSA) is 20.2 Å². The summed E-state index contributed by atoms with van der Waals surface area (Å²) in [6, 6.07) is 0. The molecule has 0 aromatic rings. The van der Waals surface area contributed by atoms with Crippen LogP contribution in [0, 0.1) is 23.2 Å². The van der Waals surface area contributed by atoms with Gasteiger partial charge in [0.05, 0.1) is 5.60 Å². The van der Waals surface area contributed by atoms with Gasteiger partial charge in [-0.25, -0.2) is 0 Å². The molecule has 1 N–H and O–H groups in total. The van der Waals surface area contributed by atoms with Crippen molar-refractivity contribution in [3.63, 3.8) is 0 Å². The van der Waals surface area contributed by atoms with Crippen LogP contribution in [-0.2, 0) is 0 Å². The van der Waals surface area contributed by atoms with E-state index in [-0.39, 0.29) is 0 Å². The van der Waals surface area contributed by atoms with E-state index in [1.54, 1.807) is 0 Å². The van der Waals surface area contributed by atoms with Gasteiger partial charge >= 0.3 is 0 Å². The Morgan fingerprint density at radius 2 is 1.94 bits per heavy atom. The molecule has 90 valence electrons. The first-order chi connectivity index (χ1) is 7.34. The SMILES string of the molecule is C[C@H]1CC=CC2C=C[C@@H](C(C)(C)O)C[C@@]21C. The predicted octanol–water partition coefficient (Wildman–Crippen LogP) is 3.55. The zero-order valence-corrected chi connectivity index (χ0v) is 10.9. The van der Waals surface area contributed by atoms with E-state index in [2.05, 4.69) is 38.2 Å². The van der Waals surface area contributed by atoms with Crippen molar-refractivity contribution in [1.29, 1.82) is 0 Å². The van der Waals surface area contributed by atoms with Crippen molar-refractivity contribution in [3.05, 3.63) is 24.3 Å². The summed E-state index contributed by atoms with van der Waals surface area (Å²) in [7, 11) is 0. The van der Waals surface area contributed by atoms with E-state index >= 15 is 0 Å². The van der Waals surface area contributed by atoms with Gasteiger partial charge in [0.2, 0.25) is 0 Å². The molecule has 0 aliphatic heterocycles. The lowest BCUT2D eigenvalue weighted by atomic mass is 9.57. The van der Waals surface area contributed by atoms with Crippen molar-refractivity contribution in [3.8, 4) is 0 Å². The Balaban J connectivity index is 2.29. The lowest BCUT2D eigenvalue weighted by Crippen LogP contribution is -2.43. The van der Waals surface area contributed by atoms with Gasteiger partial charge in [-0.15, -0.1) is 0 Å². The third-order valence-corrected chi connectivity index (χ3v) is 4.84. The summed E-state index contributed by atoms with van der Waals surface area (Å²) in [5.41, 5.74) is -0.264. The molecular formula is C15H24O. The Hall–Kier alpha value is -0.560. The highest BCUT2D eigenvalue weighted by molar-refractivity contribution is 5.19. The minimum Gasteiger partial charge on any atom is -0.390 e. The van der Waals surface area contributed by atoms with Crippen LogP contribution >= 0.6 is 0 Å². The van der Waals surface area contributed by atoms with Gasteiger partial charge in [0, 0.05) is 11.8 Å². The molecule has 0 amide bonds. The van der Waals surface area contributed by atoms with Crippen molar-refractivity contribution < 1.29 is 5.11 Å². The number of aliphatic hydroxyl groups is 1. The van der Waals surface area contributed by atoms with Crippen LogP contribution in [0.4, 0.5) is 0 Å². The summed E-state index contributed by atoms with van der Waals surface area (Å²) in [6.07, 6.45) is 11.5. The first-order valence-electron chi connectivity index (χ1n) is 6.41. The van der Waals surface area contributed by atoms with Crippen molar-refractivity contribution in [2.75, 3.05) is 0 Å². The minimum atomic E-state index is -0.592. The lowest BCUT2D eigenvalue weighted by Gasteiger charge is -2.48. The maximum absolute atomic E-state index is 10.2. The molecule has 0 spiro atoms. The second kappa shape index (κ2) is 3.73. The maximum Gasteiger partial charge on any atom is 0.0654 e. The maximum atomic E-state index is 10.2.